The summed E-state index contributed by atoms with van der Waals surface area (Å²) in [5.74, 6) is 4.51. The summed E-state index contributed by atoms with van der Waals surface area (Å²) in [6, 6.07) is 31.1. The largest absolute Gasteiger partial charge is 0.262 e. The van der Waals surface area contributed by atoms with Crippen LogP contribution in [0, 0.1) is 21.7 Å². The topological polar surface area (TPSA) is 70.9 Å². The SMILES string of the molecule is CC(C)(C)Cc1cccc(N(c2cccc(CC(C)(C)C)n2)c2cccc(N(c3cccc(CC(C)(C)C)n3)c3cccc(CC(C)(C)C)n3)n2)n1. The molecule has 0 radical (unpaired) electrons. The molecular formula is C45H59N7. The molecule has 0 aliphatic rings. The maximum atomic E-state index is 5.39. The molecule has 0 bridgehead atoms. The third-order valence-corrected chi connectivity index (χ3v) is 8.11. The molecule has 0 aliphatic carbocycles. The average molecular weight is 698 g/mol. The maximum Gasteiger partial charge on any atom is 0.142 e. The highest BCUT2D eigenvalue weighted by Crippen LogP contribution is 2.37. The van der Waals surface area contributed by atoms with Crippen molar-refractivity contribution in [3.63, 3.8) is 0 Å². The Labute approximate surface area is 313 Å². The first-order valence-corrected chi connectivity index (χ1v) is 18.6. The second-order valence-corrected chi connectivity index (χ2v) is 18.9. The molecule has 5 aromatic rings. The second-order valence-electron chi connectivity index (χ2n) is 18.9. The summed E-state index contributed by atoms with van der Waals surface area (Å²) in [4.78, 5) is 30.4. The number of aromatic nitrogens is 5. The Morgan fingerprint density at radius 3 is 0.712 bits per heavy atom. The van der Waals surface area contributed by atoms with Gasteiger partial charge in [0.2, 0.25) is 0 Å². The zero-order valence-electron chi connectivity index (χ0n) is 33.6. The van der Waals surface area contributed by atoms with E-state index in [0.717, 1.165) is 71.7 Å². The molecule has 0 unspecified atom stereocenters. The fraction of sp³-hybridized carbons (Fsp3) is 0.444. The van der Waals surface area contributed by atoms with Gasteiger partial charge >= 0.3 is 0 Å². The van der Waals surface area contributed by atoms with E-state index >= 15 is 0 Å². The Morgan fingerprint density at radius 2 is 0.500 bits per heavy atom. The van der Waals surface area contributed by atoms with Gasteiger partial charge in [0.25, 0.3) is 0 Å². The Balaban J connectivity index is 1.70. The molecule has 52 heavy (non-hydrogen) atoms. The van der Waals surface area contributed by atoms with E-state index in [4.69, 9.17) is 24.9 Å². The third kappa shape index (κ3) is 11.2. The summed E-state index contributed by atoms with van der Waals surface area (Å²) in [7, 11) is 0. The Morgan fingerprint density at radius 1 is 0.308 bits per heavy atom. The summed E-state index contributed by atoms with van der Waals surface area (Å²) >= 11 is 0. The molecule has 0 saturated carbocycles. The third-order valence-electron chi connectivity index (χ3n) is 8.11. The van der Waals surface area contributed by atoms with E-state index in [1.165, 1.54) is 0 Å². The lowest BCUT2D eigenvalue weighted by Gasteiger charge is -2.28. The Hall–Kier alpha value is -4.65. The van der Waals surface area contributed by atoms with Crippen molar-refractivity contribution in [3.8, 4) is 0 Å². The van der Waals surface area contributed by atoms with E-state index in [2.05, 4.69) is 141 Å². The van der Waals surface area contributed by atoms with E-state index in [0.29, 0.717) is 11.6 Å². The van der Waals surface area contributed by atoms with Crippen molar-refractivity contribution in [3.05, 3.63) is 114 Å². The molecule has 7 nitrogen and oxygen atoms in total. The fourth-order valence-corrected chi connectivity index (χ4v) is 6.30. The van der Waals surface area contributed by atoms with Gasteiger partial charge in [-0.05, 0) is 108 Å². The first-order valence-electron chi connectivity index (χ1n) is 18.6. The first kappa shape index (κ1) is 38.6. The van der Waals surface area contributed by atoms with E-state index in [1.807, 2.05) is 42.5 Å². The quantitative estimate of drug-likeness (QED) is 0.144. The standard InChI is InChI=1S/C45H59N7/c1-42(2,3)28-32-18-13-22-36(46-32)51(37-23-14-19-33(47-37)29-43(4,5)6)40-26-17-27-41(50-40)52(38-24-15-20-34(48-38)30-44(7,8)9)39-25-16-21-35(49-39)31-45(10,11)12/h13-27H,28-31H2,1-12H3. The molecule has 0 saturated heterocycles. The predicted molar refractivity (Wildman–Crippen MR) is 217 cm³/mol. The number of pyridine rings is 5. The fourth-order valence-electron chi connectivity index (χ4n) is 6.30. The van der Waals surface area contributed by atoms with Crippen LogP contribution in [-0.4, -0.2) is 24.9 Å². The van der Waals surface area contributed by atoms with Crippen LogP contribution in [0.4, 0.5) is 34.9 Å². The molecule has 5 rings (SSSR count). The van der Waals surface area contributed by atoms with Crippen LogP contribution in [0.1, 0.15) is 106 Å². The lowest BCUT2D eigenvalue weighted by atomic mass is 9.90. The van der Waals surface area contributed by atoms with Gasteiger partial charge in [0.05, 0.1) is 0 Å². The zero-order chi connectivity index (χ0) is 37.9. The number of hydrogen-bond donors (Lipinski definition) is 0. The van der Waals surface area contributed by atoms with Crippen LogP contribution in [0.2, 0.25) is 0 Å². The van der Waals surface area contributed by atoms with Crippen LogP contribution in [-0.2, 0) is 25.7 Å². The average Bonchev–Trinajstić information content (AvgIpc) is 2.99. The van der Waals surface area contributed by atoms with Gasteiger partial charge < -0.3 is 0 Å². The van der Waals surface area contributed by atoms with Crippen molar-refractivity contribution in [2.24, 2.45) is 21.7 Å². The summed E-state index contributed by atoms with van der Waals surface area (Å²) in [5.41, 5.74) is 4.45. The van der Waals surface area contributed by atoms with Crippen LogP contribution >= 0.6 is 0 Å². The van der Waals surface area contributed by atoms with Gasteiger partial charge in [-0.2, -0.15) is 0 Å². The van der Waals surface area contributed by atoms with E-state index in [1.54, 1.807) is 0 Å². The van der Waals surface area contributed by atoms with Gasteiger partial charge in [-0.1, -0.05) is 113 Å². The van der Waals surface area contributed by atoms with Crippen molar-refractivity contribution in [1.29, 1.82) is 0 Å². The Kier molecular flexibility index (Phi) is 11.2. The van der Waals surface area contributed by atoms with Crippen LogP contribution in [0.5, 0.6) is 0 Å². The van der Waals surface area contributed by atoms with Gasteiger partial charge in [-0.25, -0.2) is 24.9 Å². The highest BCUT2D eigenvalue weighted by molar-refractivity contribution is 5.74. The summed E-state index contributed by atoms with van der Waals surface area (Å²) in [6.07, 6.45) is 3.39. The molecule has 5 aromatic heterocycles. The van der Waals surface area contributed by atoms with Gasteiger partial charge in [-0.3, -0.25) is 9.80 Å². The maximum absolute atomic E-state index is 5.39. The first-order chi connectivity index (χ1) is 24.2. The molecule has 0 atom stereocenters. The minimum atomic E-state index is 0.0864. The van der Waals surface area contributed by atoms with E-state index < -0.39 is 0 Å². The minimum Gasteiger partial charge on any atom is -0.262 e. The molecule has 0 aromatic carbocycles. The van der Waals surface area contributed by atoms with Crippen LogP contribution in [0.3, 0.4) is 0 Å². The lowest BCUT2D eigenvalue weighted by molar-refractivity contribution is 0.406. The van der Waals surface area contributed by atoms with Crippen molar-refractivity contribution >= 4 is 34.9 Å². The van der Waals surface area contributed by atoms with E-state index in [9.17, 15) is 0 Å². The number of anilines is 6. The molecule has 274 valence electrons. The predicted octanol–water partition coefficient (Wildman–Crippen LogP) is 12.0. The van der Waals surface area contributed by atoms with Crippen LogP contribution < -0.4 is 9.80 Å². The molecule has 0 spiro atoms. The number of rotatable bonds is 10. The lowest BCUT2D eigenvalue weighted by Crippen LogP contribution is -2.20. The van der Waals surface area contributed by atoms with Gasteiger partial charge in [-0.15, -0.1) is 0 Å². The van der Waals surface area contributed by atoms with Gasteiger partial charge in [0, 0.05) is 22.8 Å². The molecule has 7 heteroatoms. The highest BCUT2D eigenvalue weighted by atomic mass is 15.3. The van der Waals surface area contributed by atoms with Gasteiger partial charge in [0.15, 0.2) is 0 Å². The molecule has 5 heterocycles. The molecule has 0 fully saturated rings. The van der Waals surface area contributed by atoms with Crippen molar-refractivity contribution in [2.45, 2.75) is 109 Å². The zero-order valence-corrected chi connectivity index (χ0v) is 33.6. The summed E-state index contributed by atoms with van der Waals surface area (Å²) in [6.45, 7) is 26.9. The smallest absolute Gasteiger partial charge is 0.142 e. The number of hydrogen-bond acceptors (Lipinski definition) is 7. The molecular weight excluding hydrogens is 639 g/mol. The van der Waals surface area contributed by atoms with Crippen molar-refractivity contribution in [2.75, 3.05) is 9.80 Å². The summed E-state index contributed by atoms with van der Waals surface area (Å²) < 4.78 is 0. The van der Waals surface area contributed by atoms with Crippen LogP contribution in [0.25, 0.3) is 0 Å². The van der Waals surface area contributed by atoms with Crippen molar-refractivity contribution in [1.82, 2.24) is 24.9 Å². The molecule has 0 N–H and O–H groups in total. The summed E-state index contributed by atoms with van der Waals surface area (Å²) in [5, 5.41) is 0. The second kappa shape index (κ2) is 15.1. The monoisotopic (exact) mass is 697 g/mol. The minimum absolute atomic E-state index is 0.0864. The van der Waals surface area contributed by atoms with Gasteiger partial charge in [0.1, 0.15) is 34.9 Å². The molecule has 0 aliphatic heterocycles. The number of nitrogens with zero attached hydrogens (tertiary/aromatic N) is 7. The normalized spacial score (nSPS) is 12.5. The van der Waals surface area contributed by atoms with E-state index in [-0.39, 0.29) is 21.7 Å². The van der Waals surface area contributed by atoms with Crippen LogP contribution in [0.15, 0.2) is 91.0 Å². The highest BCUT2D eigenvalue weighted by Gasteiger charge is 2.24. The Bertz CT molecular complexity index is 1700. The molecule has 0 amide bonds. The van der Waals surface area contributed by atoms with Crippen molar-refractivity contribution < 1.29 is 0 Å².